The van der Waals surface area contributed by atoms with Crippen LogP contribution in [-0.2, 0) is 0 Å². The highest BCUT2D eigenvalue weighted by Crippen LogP contribution is 2.20. The number of alkyl halides is 3. The van der Waals surface area contributed by atoms with Gasteiger partial charge < -0.3 is 10.2 Å². The number of guanidine groups is 1. The van der Waals surface area contributed by atoms with E-state index in [-0.39, 0.29) is 30.0 Å². The first-order valence-corrected chi connectivity index (χ1v) is 10.1. The van der Waals surface area contributed by atoms with Crippen molar-refractivity contribution in [2.45, 2.75) is 18.6 Å². The Kier molecular flexibility index (Phi) is 9.89. The van der Waals surface area contributed by atoms with Gasteiger partial charge in [0.15, 0.2) is 5.96 Å². The molecule has 2 aliphatic rings. The molecule has 2 fully saturated rings. The van der Waals surface area contributed by atoms with E-state index in [4.69, 9.17) is 0 Å². The Bertz CT molecular complexity index is 688. The van der Waals surface area contributed by atoms with Crippen LogP contribution in [0.4, 0.5) is 13.2 Å². The van der Waals surface area contributed by atoms with Crippen LogP contribution >= 0.6 is 24.0 Å². The standard InChI is InChI=1S/C21H30F3N5.HI/c1-25-20(26-19-9-11-28(16-19)17-21(22,23)24)29-14-12-27(13-15-29)10-5-8-18-6-3-2-4-7-18;/h2-8,19H,9-17H2,1H3,(H,25,26);1H/b8-5+;. The maximum absolute atomic E-state index is 12.6. The van der Waals surface area contributed by atoms with E-state index in [1.165, 1.54) is 10.5 Å². The molecule has 0 amide bonds. The van der Waals surface area contributed by atoms with Crippen molar-refractivity contribution < 1.29 is 13.2 Å². The van der Waals surface area contributed by atoms with Crippen LogP contribution in [0.1, 0.15) is 12.0 Å². The van der Waals surface area contributed by atoms with E-state index in [0.717, 1.165) is 38.7 Å². The van der Waals surface area contributed by atoms with Crippen molar-refractivity contribution in [1.29, 1.82) is 0 Å². The Morgan fingerprint density at radius 2 is 1.80 bits per heavy atom. The van der Waals surface area contributed by atoms with Gasteiger partial charge in [-0.2, -0.15) is 13.2 Å². The Labute approximate surface area is 194 Å². The molecule has 3 rings (SSSR count). The highest BCUT2D eigenvalue weighted by atomic mass is 127. The number of benzene rings is 1. The van der Waals surface area contributed by atoms with Gasteiger partial charge in [-0.3, -0.25) is 14.8 Å². The van der Waals surface area contributed by atoms with E-state index in [2.05, 4.69) is 44.4 Å². The number of likely N-dealkylation sites (tertiary alicyclic amines) is 1. The number of rotatable bonds is 5. The molecule has 1 N–H and O–H groups in total. The van der Waals surface area contributed by atoms with Gasteiger partial charge >= 0.3 is 6.18 Å². The van der Waals surface area contributed by atoms with Crippen LogP contribution in [0.25, 0.3) is 6.08 Å². The van der Waals surface area contributed by atoms with Crippen LogP contribution in [0, 0.1) is 0 Å². The molecule has 0 bridgehead atoms. The Hall–Kier alpha value is -1.33. The molecule has 2 heterocycles. The molecule has 0 radical (unpaired) electrons. The second-order valence-electron chi connectivity index (χ2n) is 7.63. The van der Waals surface area contributed by atoms with Crippen molar-refractivity contribution in [2.24, 2.45) is 4.99 Å². The second kappa shape index (κ2) is 11.9. The number of nitrogens with zero attached hydrogens (tertiary/aromatic N) is 4. The minimum absolute atomic E-state index is 0. The van der Waals surface area contributed by atoms with E-state index in [1.54, 1.807) is 7.05 Å². The minimum atomic E-state index is -4.14. The topological polar surface area (TPSA) is 34.1 Å². The van der Waals surface area contributed by atoms with Crippen molar-refractivity contribution in [3.8, 4) is 0 Å². The molecule has 1 aromatic carbocycles. The first-order chi connectivity index (χ1) is 13.9. The van der Waals surface area contributed by atoms with Crippen LogP contribution in [-0.4, -0.2) is 92.3 Å². The predicted octanol–water partition coefficient (Wildman–Crippen LogP) is 3.15. The summed E-state index contributed by atoms with van der Waals surface area (Å²) in [5.41, 5.74) is 1.20. The maximum atomic E-state index is 12.6. The van der Waals surface area contributed by atoms with E-state index >= 15 is 0 Å². The van der Waals surface area contributed by atoms with Crippen LogP contribution < -0.4 is 5.32 Å². The van der Waals surface area contributed by atoms with Gasteiger partial charge in [-0.15, -0.1) is 24.0 Å². The molecule has 9 heteroatoms. The van der Waals surface area contributed by atoms with Gasteiger partial charge in [0.1, 0.15) is 0 Å². The van der Waals surface area contributed by atoms with E-state index in [9.17, 15) is 13.2 Å². The lowest BCUT2D eigenvalue weighted by molar-refractivity contribution is -0.143. The quantitative estimate of drug-likeness (QED) is 0.356. The summed E-state index contributed by atoms with van der Waals surface area (Å²) in [7, 11) is 1.74. The molecule has 2 aliphatic heterocycles. The number of hydrogen-bond acceptors (Lipinski definition) is 3. The van der Waals surface area contributed by atoms with Gasteiger partial charge in [-0.05, 0) is 12.0 Å². The summed E-state index contributed by atoms with van der Waals surface area (Å²) < 4.78 is 37.7. The zero-order valence-corrected chi connectivity index (χ0v) is 19.6. The zero-order chi connectivity index (χ0) is 20.7. The Morgan fingerprint density at radius 1 is 1.10 bits per heavy atom. The average molecular weight is 537 g/mol. The average Bonchev–Trinajstić information content (AvgIpc) is 3.13. The van der Waals surface area contributed by atoms with Crippen molar-refractivity contribution in [2.75, 3.05) is 59.4 Å². The van der Waals surface area contributed by atoms with Gasteiger partial charge in [0, 0.05) is 58.9 Å². The molecular weight excluding hydrogens is 506 g/mol. The minimum Gasteiger partial charge on any atom is -0.352 e. The molecule has 0 aliphatic carbocycles. The van der Waals surface area contributed by atoms with Crippen molar-refractivity contribution >= 4 is 36.0 Å². The highest BCUT2D eigenvalue weighted by molar-refractivity contribution is 14.0. The Morgan fingerprint density at radius 3 is 2.43 bits per heavy atom. The molecule has 30 heavy (non-hydrogen) atoms. The third kappa shape index (κ3) is 8.07. The van der Waals surface area contributed by atoms with Gasteiger partial charge in [0.2, 0.25) is 0 Å². The Balaban J connectivity index is 0.00000320. The smallest absolute Gasteiger partial charge is 0.352 e. The first-order valence-electron chi connectivity index (χ1n) is 10.1. The van der Waals surface area contributed by atoms with E-state index in [0.29, 0.717) is 19.5 Å². The fourth-order valence-electron chi connectivity index (χ4n) is 3.87. The third-order valence-electron chi connectivity index (χ3n) is 5.37. The van der Waals surface area contributed by atoms with Gasteiger partial charge in [0.25, 0.3) is 0 Å². The first kappa shape index (κ1) is 24.9. The molecule has 1 atom stereocenters. The van der Waals surface area contributed by atoms with Gasteiger partial charge in [-0.25, -0.2) is 0 Å². The molecule has 2 saturated heterocycles. The van der Waals surface area contributed by atoms with Crippen LogP contribution in [0.2, 0.25) is 0 Å². The molecule has 5 nitrogen and oxygen atoms in total. The predicted molar refractivity (Wildman–Crippen MR) is 126 cm³/mol. The summed E-state index contributed by atoms with van der Waals surface area (Å²) >= 11 is 0. The maximum Gasteiger partial charge on any atom is 0.401 e. The third-order valence-corrected chi connectivity index (χ3v) is 5.37. The molecule has 1 aromatic rings. The lowest BCUT2D eigenvalue weighted by atomic mass is 10.2. The van der Waals surface area contributed by atoms with Gasteiger partial charge in [-0.1, -0.05) is 42.5 Å². The fraction of sp³-hybridized carbons (Fsp3) is 0.571. The zero-order valence-electron chi connectivity index (χ0n) is 17.3. The number of halogens is 4. The van der Waals surface area contributed by atoms with Crippen LogP contribution in [0.3, 0.4) is 0 Å². The summed E-state index contributed by atoms with van der Waals surface area (Å²) in [5, 5.41) is 3.36. The lowest BCUT2D eigenvalue weighted by Crippen LogP contribution is -2.54. The molecule has 1 unspecified atom stereocenters. The monoisotopic (exact) mass is 537 g/mol. The molecule has 0 aromatic heterocycles. The van der Waals surface area contributed by atoms with Crippen LogP contribution in [0.15, 0.2) is 41.4 Å². The summed E-state index contributed by atoms with van der Waals surface area (Å²) in [6, 6.07) is 10.3. The van der Waals surface area contributed by atoms with Crippen molar-refractivity contribution in [3.05, 3.63) is 42.0 Å². The number of piperazine rings is 1. The van der Waals surface area contributed by atoms with Crippen molar-refractivity contribution in [3.63, 3.8) is 0 Å². The second-order valence-corrected chi connectivity index (χ2v) is 7.63. The van der Waals surface area contributed by atoms with E-state index < -0.39 is 12.7 Å². The summed E-state index contributed by atoms with van der Waals surface area (Å²) in [6.07, 6.45) is 0.896. The normalized spacial score (nSPS) is 21.8. The molecular formula is C21H31F3IN5. The molecule has 0 spiro atoms. The summed E-state index contributed by atoms with van der Waals surface area (Å²) in [6.45, 7) is 4.53. The number of hydrogen-bond donors (Lipinski definition) is 1. The summed E-state index contributed by atoms with van der Waals surface area (Å²) in [5.74, 6) is 0.795. The van der Waals surface area contributed by atoms with E-state index in [1.807, 2.05) is 18.2 Å². The summed E-state index contributed by atoms with van der Waals surface area (Å²) in [4.78, 5) is 10.4. The lowest BCUT2D eigenvalue weighted by Gasteiger charge is -2.36. The number of nitrogens with one attached hydrogen (secondary N) is 1. The fourth-order valence-corrected chi connectivity index (χ4v) is 3.87. The highest BCUT2D eigenvalue weighted by Gasteiger charge is 2.35. The SMILES string of the molecule is CN=C(NC1CCN(CC(F)(F)F)C1)N1CCN(C/C=C/c2ccccc2)CC1.I. The molecule has 0 saturated carbocycles. The van der Waals surface area contributed by atoms with Crippen molar-refractivity contribution in [1.82, 2.24) is 20.0 Å². The van der Waals surface area contributed by atoms with Crippen LogP contribution in [0.5, 0.6) is 0 Å². The largest absolute Gasteiger partial charge is 0.401 e. The molecule has 168 valence electrons. The van der Waals surface area contributed by atoms with Gasteiger partial charge in [0.05, 0.1) is 6.54 Å². The number of aliphatic imine (C=N–C) groups is 1.